The number of hydrogen-bond donors (Lipinski definition) is 3. The molecule has 0 aromatic carbocycles. The summed E-state index contributed by atoms with van der Waals surface area (Å²) in [6, 6.07) is 0. The molecule has 138 valence electrons. The Kier molecular flexibility index (Phi) is 3.34. The highest BCUT2D eigenvalue weighted by Crippen LogP contribution is 2.60. The van der Waals surface area contributed by atoms with E-state index < -0.39 is 22.6 Å². The molecule has 0 aromatic heterocycles. The molecule has 3 aliphatic carbocycles. The quantitative estimate of drug-likeness (QED) is 0.630. The molecule has 5 rings (SSSR count). The number of hydrogen-bond acceptors (Lipinski definition) is 4. The SMILES string of the molecule is CC1CC1C(=O)NCC12CC(NC(=O)[C@@H]3C[C@@H]3C(N)=O)(C1)C(C)(C)O2. The van der Waals surface area contributed by atoms with Crippen LogP contribution >= 0.6 is 0 Å². The minimum atomic E-state index is -0.503. The molecular formula is C18H27N3O4. The standard InChI is InChI=1S/C18H27N3O4/c1-9-4-10(9)14(23)20-8-17-6-18(7-17,16(2,3)25-17)21-15(24)12-5-11(12)13(19)22/h9-12H,4-8H2,1-3H3,(H2,19,22)(H,20,23)(H,21,24)/t9?,10?,11-,12+,17?,18?/m0/s1. The van der Waals surface area contributed by atoms with Crippen molar-refractivity contribution in [3.05, 3.63) is 0 Å². The zero-order valence-corrected chi connectivity index (χ0v) is 15.1. The van der Waals surface area contributed by atoms with Crippen LogP contribution in [0.25, 0.3) is 0 Å². The van der Waals surface area contributed by atoms with Gasteiger partial charge >= 0.3 is 0 Å². The lowest BCUT2D eigenvalue weighted by Gasteiger charge is -2.47. The van der Waals surface area contributed by atoms with Crippen molar-refractivity contribution in [2.75, 3.05) is 6.54 Å². The third kappa shape index (κ3) is 2.55. The van der Waals surface area contributed by atoms with Crippen LogP contribution in [0.15, 0.2) is 0 Å². The molecular weight excluding hydrogens is 322 g/mol. The number of fused-ring (bicyclic) bond motifs is 1. The lowest BCUT2D eigenvalue weighted by atomic mass is 9.62. The molecule has 2 heterocycles. The van der Waals surface area contributed by atoms with Gasteiger partial charge in [-0.1, -0.05) is 6.92 Å². The molecule has 4 atom stereocenters. The second-order valence-corrected chi connectivity index (χ2v) is 9.11. The number of ether oxygens (including phenoxy) is 1. The molecule has 5 fully saturated rings. The van der Waals surface area contributed by atoms with E-state index in [-0.39, 0.29) is 29.6 Å². The van der Waals surface area contributed by atoms with Gasteiger partial charge in [0, 0.05) is 25.3 Å². The summed E-state index contributed by atoms with van der Waals surface area (Å²) in [5, 5.41) is 6.15. The first-order valence-corrected chi connectivity index (χ1v) is 9.17. The van der Waals surface area contributed by atoms with Crippen molar-refractivity contribution >= 4 is 17.7 Å². The van der Waals surface area contributed by atoms with Crippen molar-refractivity contribution < 1.29 is 19.1 Å². The zero-order chi connectivity index (χ0) is 18.2. The predicted octanol–water partition coefficient (Wildman–Crippen LogP) is 0.0764. The number of nitrogens with one attached hydrogen (secondary N) is 2. The zero-order valence-electron chi connectivity index (χ0n) is 15.1. The highest BCUT2D eigenvalue weighted by Gasteiger charge is 2.72. The van der Waals surface area contributed by atoms with Gasteiger partial charge < -0.3 is 21.1 Å². The van der Waals surface area contributed by atoms with E-state index in [1.54, 1.807) is 0 Å². The van der Waals surface area contributed by atoms with Crippen molar-refractivity contribution in [3.8, 4) is 0 Å². The first-order valence-electron chi connectivity index (χ1n) is 9.17. The van der Waals surface area contributed by atoms with Crippen LogP contribution in [-0.4, -0.2) is 41.0 Å². The number of nitrogens with two attached hydrogens (primary N) is 1. The molecule has 3 amide bonds. The molecule has 0 spiro atoms. The van der Waals surface area contributed by atoms with Crippen LogP contribution in [0, 0.1) is 23.7 Å². The minimum Gasteiger partial charge on any atom is -0.369 e. The van der Waals surface area contributed by atoms with Crippen molar-refractivity contribution in [2.24, 2.45) is 29.4 Å². The fourth-order valence-corrected chi connectivity index (χ4v) is 4.78. The molecule has 3 saturated carbocycles. The van der Waals surface area contributed by atoms with Gasteiger partial charge in [0.2, 0.25) is 17.7 Å². The molecule has 4 N–H and O–H groups in total. The second-order valence-electron chi connectivity index (χ2n) is 9.11. The summed E-state index contributed by atoms with van der Waals surface area (Å²) in [6.45, 7) is 6.53. The molecule has 2 aliphatic heterocycles. The normalized spacial score (nSPS) is 45.2. The molecule has 5 aliphatic rings. The lowest BCUT2D eigenvalue weighted by Crippen LogP contribution is -2.66. The van der Waals surface area contributed by atoms with Crippen LogP contribution in [0.3, 0.4) is 0 Å². The summed E-state index contributed by atoms with van der Waals surface area (Å²) in [6.07, 6.45) is 2.88. The maximum Gasteiger partial charge on any atom is 0.224 e. The van der Waals surface area contributed by atoms with E-state index in [4.69, 9.17) is 10.5 Å². The van der Waals surface area contributed by atoms with E-state index in [0.29, 0.717) is 31.7 Å². The van der Waals surface area contributed by atoms with Gasteiger partial charge in [0.15, 0.2) is 0 Å². The van der Waals surface area contributed by atoms with Gasteiger partial charge in [-0.2, -0.15) is 0 Å². The Morgan fingerprint density at radius 2 is 1.72 bits per heavy atom. The van der Waals surface area contributed by atoms with Crippen molar-refractivity contribution in [1.29, 1.82) is 0 Å². The molecule has 2 bridgehead atoms. The summed E-state index contributed by atoms with van der Waals surface area (Å²) < 4.78 is 6.25. The van der Waals surface area contributed by atoms with Crippen LogP contribution in [0.1, 0.15) is 46.5 Å². The molecule has 0 aromatic rings. The molecule has 0 radical (unpaired) electrons. The number of primary amides is 1. The van der Waals surface area contributed by atoms with Gasteiger partial charge in [-0.3, -0.25) is 14.4 Å². The van der Waals surface area contributed by atoms with Gasteiger partial charge in [0.1, 0.15) is 0 Å². The summed E-state index contributed by atoms with van der Waals surface area (Å²) in [7, 11) is 0. The summed E-state index contributed by atoms with van der Waals surface area (Å²) in [5.74, 6) is -0.392. The van der Waals surface area contributed by atoms with Crippen LogP contribution in [0.2, 0.25) is 0 Å². The summed E-state index contributed by atoms with van der Waals surface area (Å²) in [5.41, 5.74) is 3.96. The van der Waals surface area contributed by atoms with Gasteiger partial charge in [-0.25, -0.2) is 0 Å². The van der Waals surface area contributed by atoms with E-state index in [0.717, 1.165) is 6.42 Å². The third-order valence-electron chi connectivity index (χ3n) is 6.76. The van der Waals surface area contributed by atoms with Crippen LogP contribution in [-0.2, 0) is 19.1 Å². The average molecular weight is 349 g/mol. The summed E-state index contributed by atoms with van der Waals surface area (Å²) >= 11 is 0. The number of carbonyl (C=O) groups excluding carboxylic acids is 3. The fraction of sp³-hybridized carbons (Fsp3) is 0.833. The average Bonchev–Trinajstić information content (AvgIpc) is 3.35. The fourth-order valence-electron chi connectivity index (χ4n) is 4.78. The van der Waals surface area contributed by atoms with Gasteiger partial charge in [-0.15, -0.1) is 0 Å². The molecule has 25 heavy (non-hydrogen) atoms. The molecule has 7 nitrogen and oxygen atoms in total. The van der Waals surface area contributed by atoms with Crippen LogP contribution in [0.4, 0.5) is 0 Å². The van der Waals surface area contributed by atoms with Crippen LogP contribution < -0.4 is 16.4 Å². The lowest BCUT2D eigenvalue weighted by molar-refractivity contribution is -0.129. The van der Waals surface area contributed by atoms with E-state index in [1.807, 2.05) is 13.8 Å². The van der Waals surface area contributed by atoms with E-state index in [2.05, 4.69) is 17.6 Å². The summed E-state index contributed by atoms with van der Waals surface area (Å²) in [4.78, 5) is 35.7. The topological polar surface area (TPSA) is 111 Å². The Hall–Kier alpha value is -1.63. The van der Waals surface area contributed by atoms with Crippen molar-refractivity contribution in [2.45, 2.75) is 63.2 Å². The first kappa shape index (κ1) is 16.8. The largest absolute Gasteiger partial charge is 0.369 e. The van der Waals surface area contributed by atoms with E-state index >= 15 is 0 Å². The maximum absolute atomic E-state index is 12.5. The smallest absolute Gasteiger partial charge is 0.224 e. The predicted molar refractivity (Wildman–Crippen MR) is 89.1 cm³/mol. The Morgan fingerprint density at radius 3 is 2.24 bits per heavy atom. The van der Waals surface area contributed by atoms with Gasteiger partial charge in [0.25, 0.3) is 0 Å². The van der Waals surface area contributed by atoms with E-state index in [9.17, 15) is 14.4 Å². The van der Waals surface area contributed by atoms with E-state index in [1.165, 1.54) is 0 Å². The monoisotopic (exact) mass is 349 g/mol. The first-order chi connectivity index (χ1) is 11.6. The van der Waals surface area contributed by atoms with Crippen molar-refractivity contribution in [3.63, 3.8) is 0 Å². The minimum absolute atomic E-state index is 0.105. The Balaban J connectivity index is 1.35. The second kappa shape index (κ2) is 4.96. The Morgan fingerprint density at radius 1 is 1.08 bits per heavy atom. The molecule has 2 saturated heterocycles. The third-order valence-corrected chi connectivity index (χ3v) is 6.76. The molecule has 2 unspecified atom stereocenters. The van der Waals surface area contributed by atoms with Gasteiger partial charge in [-0.05, 0) is 32.6 Å². The number of carbonyl (C=O) groups is 3. The highest BCUT2D eigenvalue weighted by atomic mass is 16.5. The van der Waals surface area contributed by atoms with Crippen LogP contribution in [0.5, 0.6) is 0 Å². The Bertz CT molecular complexity index is 653. The Labute approximate surface area is 147 Å². The maximum atomic E-state index is 12.5. The van der Waals surface area contributed by atoms with Crippen molar-refractivity contribution in [1.82, 2.24) is 10.6 Å². The highest BCUT2D eigenvalue weighted by molar-refractivity contribution is 5.92. The number of rotatable bonds is 6. The number of amides is 3. The van der Waals surface area contributed by atoms with Gasteiger partial charge in [0.05, 0.1) is 28.6 Å². The molecule has 7 heteroatoms.